The lowest BCUT2D eigenvalue weighted by atomic mass is 9.89. The molecule has 2 unspecified atom stereocenters. The Bertz CT molecular complexity index is 428. The van der Waals surface area contributed by atoms with Crippen LogP contribution in [0.2, 0.25) is 0 Å². The number of rotatable bonds is 4. The van der Waals surface area contributed by atoms with E-state index in [1.54, 1.807) is 0 Å². The summed E-state index contributed by atoms with van der Waals surface area (Å²) in [4.78, 5) is 14.2. The molecule has 0 aliphatic carbocycles. The predicted molar refractivity (Wildman–Crippen MR) is 89.5 cm³/mol. The molecule has 1 aliphatic heterocycles. The average Bonchev–Trinajstić information content (AvgIpc) is 2.47. The van der Waals surface area contributed by atoms with Crippen LogP contribution < -0.4 is 5.73 Å². The van der Waals surface area contributed by atoms with Gasteiger partial charge in [-0.05, 0) is 37.7 Å². The number of nitrogens with zero attached hydrogens (tertiary/aromatic N) is 1. The zero-order valence-corrected chi connectivity index (χ0v) is 13.8. The third kappa shape index (κ3) is 5.01. The van der Waals surface area contributed by atoms with E-state index in [1.165, 1.54) is 5.56 Å². The maximum absolute atomic E-state index is 12.3. The molecule has 1 fully saturated rings. The number of benzene rings is 1. The minimum absolute atomic E-state index is 0. The highest BCUT2D eigenvalue weighted by molar-refractivity contribution is 5.85. The van der Waals surface area contributed by atoms with Crippen LogP contribution in [0.3, 0.4) is 0 Å². The third-order valence-electron chi connectivity index (χ3n) is 4.47. The van der Waals surface area contributed by atoms with Crippen molar-refractivity contribution in [3.8, 4) is 0 Å². The Morgan fingerprint density at radius 2 is 1.81 bits per heavy atom. The minimum atomic E-state index is -0.0688. The van der Waals surface area contributed by atoms with Crippen molar-refractivity contribution < 1.29 is 4.79 Å². The number of piperidine rings is 1. The molecule has 1 heterocycles. The zero-order valence-electron chi connectivity index (χ0n) is 13.0. The number of hydrogen-bond donors (Lipinski definition) is 1. The number of nitrogens with two attached hydrogens (primary N) is 1. The van der Waals surface area contributed by atoms with Gasteiger partial charge in [0, 0.05) is 19.1 Å². The highest BCUT2D eigenvalue weighted by atomic mass is 35.5. The van der Waals surface area contributed by atoms with Crippen LogP contribution in [0.5, 0.6) is 0 Å². The van der Waals surface area contributed by atoms with Gasteiger partial charge in [-0.15, -0.1) is 12.4 Å². The number of amides is 1. The molecule has 3 nitrogen and oxygen atoms in total. The molecule has 2 atom stereocenters. The maximum Gasteiger partial charge on any atom is 0.226 e. The molecule has 0 bridgehead atoms. The normalized spacial score (nSPS) is 18.7. The Labute approximate surface area is 134 Å². The topological polar surface area (TPSA) is 46.3 Å². The molecule has 118 valence electrons. The van der Waals surface area contributed by atoms with Crippen molar-refractivity contribution in [2.24, 2.45) is 17.6 Å². The van der Waals surface area contributed by atoms with E-state index in [-0.39, 0.29) is 30.3 Å². The Balaban J connectivity index is 0.00000220. The first-order chi connectivity index (χ1) is 9.58. The van der Waals surface area contributed by atoms with Crippen molar-refractivity contribution in [2.45, 2.75) is 39.2 Å². The smallest absolute Gasteiger partial charge is 0.226 e. The van der Waals surface area contributed by atoms with Crippen LogP contribution in [0, 0.1) is 11.8 Å². The number of hydrogen-bond acceptors (Lipinski definition) is 2. The van der Waals surface area contributed by atoms with Crippen molar-refractivity contribution in [3.05, 3.63) is 35.9 Å². The van der Waals surface area contributed by atoms with E-state index in [0.29, 0.717) is 5.92 Å². The summed E-state index contributed by atoms with van der Waals surface area (Å²) in [5, 5.41) is 0. The summed E-state index contributed by atoms with van der Waals surface area (Å²) in [6.07, 6.45) is 3.34. The molecule has 1 aliphatic rings. The molecule has 1 amide bonds. The largest absolute Gasteiger partial charge is 0.342 e. The van der Waals surface area contributed by atoms with Gasteiger partial charge in [-0.3, -0.25) is 4.79 Å². The van der Waals surface area contributed by atoms with E-state index < -0.39 is 0 Å². The fourth-order valence-corrected chi connectivity index (χ4v) is 2.82. The fraction of sp³-hybridized carbons (Fsp3) is 0.588. The van der Waals surface area contributed by atoms with Crippen molar-refractivity contribution in [1.82, 2.24) is 4.90 Å². The van der Waals surface area contributed by atoms with E-state index in [0.717, 1.165) is 32.4 Å². The first-order valence-corrected chi connectivity index (χ1v) is 7.66. The number of likely N-dealkylation sites (tertiary alicyclic amines) is 1. The average molecular weight is 311 g/mol. The Kier molecular flexibility index (Phi) is 7.20. The SMILES string of the molecule is CC(N)C(C)C(=O)N1CCC(Cc2ccccc2)CC1.Cl. The lowest BCUT2D eigenvalue weighted by Crippen LogP contribution is -2.45. The Morgan fingerprint density at radius 1 is 1.24 bits per heavy atom. The van der Waals surface area contributed by atoms with Crippen LogP contribution in [-0.4, -0.2) is 29.9 Å². The van der Waals surface area contributed by atoms with Gasteiger partial charge in [-0.2, -0.15) is 0 Å². The highest BCUT2D eigenvalue weighted by Gasteiger charge is 2.27. The summed E-state index contributed by atoms with van der Waals surface area (Å²) < 4.78 is 0. The molecule has 0 aromatic heterocycles. The van der Waals surface area contributed by atoms with Gasteiger partial charge in [0.1, 0.15) is 0 Å². The molecule has 0 saturated carbocycles. The van der Waals surface area contributed by atoms with E-state index in [1.807, 2.05) is 18.7 Å². The van der Waals surface area contributed by atoms with Gasteiger partial charge in [-0.25, -0.2) is 0 Å². The van der Waals surface area contributed by atoms with Crippen LogP contribution in [-0.2, 0) is 11.2 Å². The van der Waals surface area contributed by atoms with Crippen LogP contribution in [0.1, 0.15) is 32.3 Å². The molecule has 2 rings (SSSR count). The third-order valence-corrected chi connectivity index (χ3v) is 4.47. The summed E-state index contributed by atoms with van der Waals surface area (Å²) >= 11 is 0. The van der Waals surface area contributed by atoms with Crippen molar-refractivity contribution in [3.63, 3.8) is 0 Å². The second-order valence-electron chi connectivity index (χ2n) is 6.11. The summed E-state index contributed by atoms with van der Waals surface area (Å²) in [6.45, 7) is 5.61. The first kappa shape index (κ1) is 18.0. The number of halogens is 1. The molecule has 1 aromatic rings. The van der Waals surface area contributed by atoms with Crippen molar-refractivity contribution in [1.29, 1.82) is 0 Å². The molecular formula is C17H27ClN2O. The van der Waals surface area contributed by atoms with Crippen LogP contribution >= 0.6 is 12.4 Å². The van der Waals surface area contributed by atoms with E-state index in [4.69, 9.17) is 5.73 Å². The van der Waals surface area contributed by atoms with E-state index in [9.17, 15) is 4.79 Å². The lowest BCUT2D eigenvalue weighted by molar-refractivity contribution is -0.136. The molecule has 1 saturated heterocycles. The number of carbonyl (C=O) groups is 1. The molecule has 1 aromatic carbocycles. The predicted octanol–water partition coefficient (Wildman–Crippen LogP) is 2.87. The minimum Gasteiger partial charge on any atom is -0.342 e. The van der Waals surface area contributed by atoms with Crippen LogP contribution in [0.15, 0.2) is 30.3 Å². The Hall–Kier alpha value is -1.06. The first-order valence-electron chi connectivity index (χ1n) is 7.66. The summed E-state index contributed by atoms with van der Waals surface area (Å²) in [7, 11) is 0. The summed E-state index contributed by atoms with van der Waals surface area (Å²) in [5.41, 5.74) is 7.23. The zero-order chi connectivity index (χ0) is 14.5. The van der Waals surface area contributed by atoms with Crippen molar-refractivity contribution >= 4 is 18.3 Å². The van der Waals surface area contributed by atoms with Crippen LogP contribution in [0.25, 0.3) is 0 Å². The van der Waals surface area contributed by atoms with Gasteiger partial charge in [0.15, 0.2) is 0 Å². The molecule has 4 heteroatoms. The Morgan fingerprint density at radius 3 is 2.33 bits per heavy atom. The fourth-order valence-electron chi connectivity index (χ4n) is 2.82. The van der Waals surface area contributed by atoms with Gasteiger partial charge < -0.3 is 10.6 Å². The van der Waals surface area contributed by atoms with Crippen molar-refractivity contribution in [2.75, 3.05) is 13.1 Å². The van der Waals surface area contributed by atoms with Gasteiger partial charge in [0.05, 0.1) is 5.92 Å². The summed E-state index contributed by atoms with van der Waals surface area (Å²) in [5.74, 6) is 0.853. The van der Waals surface area contributed by atoms with Gasteiger partial charge >= 0.3 is 0 Å². The standard InChI is InChI=1S/C17H26N2O.ClH/c1-13(14(2)18)17(20)19-10-8-16(9-11-19)12-15-6-4-3-5-7-15;/h3-7,13-14,16H,8-12,18H2,1-2H3;1H. The van der Waals surface area contributed by atoms with E-state index in [2.05, 4.69) is 30.3 Å². The molecule has 21 heavy (non-hydrogen) atoms. The van der Waals surface area contributed by atoms with Gasteiger partial charge in [0.2, 0.25) is 5.91 Å². The molecular weight excluding hydrogens is 284 g/mol. The molecule has 2 N–H and O–H groups in total. The maximum atomic E-state index is 12.3. The highest BCUT2D eigenvalue weighted by Crippen LogP contribution is 2.23. The quantitative estimate of drug-likeness (QED) is 0.929. The molecule has 0 radical (unpaired) electrons. The van der Waals surface area contributed by atoms with Gasteiger partial charge in [-0.1, -0.05) is 37.3 Å². The second-order valence-corrected chi connectivity index (χ2v) is 6.11. The lowest BCUT2D eigenvalue weighted by Gasteiger charge is -2.34. The number of carbonyl (C=O) groups excluding carboxylic acids is 1. The van der Waals surface area contributed by atoms with Crippen LogP contribution in [0.4, 0.5) is 0 Å². The summed E-state index contributed by atoms with van der Waals surface area (Å²) in [6, 6.07) is 10.6. The van der Waals surface area contributed by atoms with E-state index >= 15 is 0 Å². The molecule has 0 spiro atoms. The van der Waals surface area contributed by atoms with Gasteiger partial charge in [0.25, 0.3) is 0 Å². The second kappa shape index (κ2) is 8.40. The monoisotopic (exact) mass is 310 g/mol.